The second-order valence-corrected chi connectivity index (χ2v) is 13.4. The summed E-state index contributed by atoms with van der Waals surface area (Å²) in [5.41, 5.74) is 5.16. The first-order chi connectivity index (χ1) is 19.8. The lowest BCUT2D eigenvalue weighted by molar-refractivity contribution is -0.132. The number of piperidine rings is 1. The molecular formula is C36H53N3O2. The summed E-state index contributed by atoms with van der Waals surface area (Å²) < 4.78 is 5.89. The number of carbonyl (C=O) groups is 1. The molecule has 2 heterocycles. The Labute approximate surface area is 249 Å². The van der Waals surface area contributed by atoms with Crippen LogP contribution in [0.5, 0.6) is 5.75 Å². The van der Waals surface area contributed by atoms with Crippen molar-refractivity contribution in [1.82, 2.24) is 14.7 Å². The molecule has 5 nitrogen and oxygen atoms in total. The van der Waals surface area contributed by atoms with Crippen molar-refractivity contribution in [3.05, 3.63) is 64.7 Å². The number of benzene rings is 2. The second-order valence-electron chi connectivity index (χ2n) is 13.4. The average Bonchev–Trinajstić information content (AvgIpc) is 2.98. The third-order valence-electron chi connectivity index (χ3n) is 10.1. The van der Waals surface area contributed by atoms with E-state index in [1.807, 2.05) is 32.0 Å². The SMILES string of the molecule is Cc1ccc([C@@]2(CCN3CCN(C4CCCCC4)CC3)CCCN(C(=O)Cc3cccc(OC(C)C)c3)C2)cc1C. The Kier molecular flexibility index (Phi) is 10.1. The molecule has 0 N–H and O–H groups in total. The predicted molar refractivity (Wildman–Crippen MR) is 169 cm³/mol. The lowest BCUT2D eigenvalue weighted by atomic mass is 9.71. The molecule has 0 bridgehead atoms. The van der Waals surface area contributed by atoms with E-state index in [2.05, 4.69) is 52.8 Å². The molecule has 0 aromatic heterocycles. The number of carbonyl (C=O) groups excluding carboxylic acids is 1. The highest BCUT2D eigenvalue weighted by Gasteiger charge is 2.39. The standard InChI is InChI=1S/C36H53N3O2/c1-28(2)41-34-13-8-10-31(25-34)26-35(40)39-18-9-16-36(27-39,32-15-14-29(3)30(4)24-32)17-19-37-20-22-38(23-21-37)33-11-6-5-7-12-33/h8,10,13-15,24-25,28,33H,5-7,9,11-12,16-23,26-27H2,1-4H3/t36-/m1/s1. The third kappa shape index (κ3) is 7.73. The van der Waals surface area contributed by atoms with E-state index in [-0.39, 0.29) is 17.4 Å². The van der Waals surface area contributed by atoms with Gasteiger partial charge >= 0.3 is 0 Å². The van der Waals surface area contributed by atoms with E-state index in [1.165, 1.54) is 75.0 Å². The molecule has 0 radical (unpaired) electrons. The van der Waals surface area contributed by atoms with E-state index in [0.717, 1.165) is 56.3 Å². The van der Waals surface area contributed by atoms with Crippen LogP contribution in [0.15, 0.2) is 42.5 Å². The lowest BCUT2D eigenvalue weighted by Gasteiger charge is -2.46. The van der Waals surface area contributed by atoms with Crippen LogP contribution in [0.3, 0.4) is 0 Å². The van der Waals surface area contributed by atoms with Crippen molar-refractivity contribution in [2.24, 2.45) is 0 Å². The Morgan fingerprint density at radius 3 is 2.44 bits per heavy atom. The number of nitrogens with zero attached hydrogens (tertiary/aromatic N) is 3. The molecule has 1 atom stereocenters. The highest BCUT2D eigenvalue weighted by Crippen LogP contribution is 2.39. The molecule has 5 rings (SSSR count). The van der Waals surface area contributed by atoms with Gasteiger partial charge in [-0.25, -0.2) is 0 Å². The molecule has 0 spiro atoms. The highest BCUT2D eigenvalue weighted by atomic mass is 16.5. The van der Waals surface area contributed by atoms with Crippen LogP contribution in [0.1, 0.15) is 87.5 Å². The minimum absolute atomic E-state index is 0.00940. The fourth-order valence-electron chi connectivity index (χ4n) is 7.46. The van der Waals surface area contributed by atoms with Crippen LogP contribution in [0, 0.1) is 13.8 Å². The number of rotatable bonds is 9. The molecule has 1 amide bonds. The number of aryl methyl sites for hydroxylation is 2. The molecule has 3 aliphatic rings. The van der Waals surface area contributed by atoms with Gasteiger partial charge in [-0.05, 0) is 101 Å². The molecule has 3 fully saturated rings. The Morgan fingerprint density at radius 2 is 1.71 bits per heavy atom. The Morgan fingerprint density at radius 1 is 0.927 bits per heavy atom. The van der Waals surface area contributed by atoms with Gasteiger partial charge in [0.15, 0.2) is 0 Å². The van der Waals surface area contributed by atoms with Gasteiger partial charge in [0.25, 0.3) is 0 Å². The largest absolute Gasteiger partial charge is 0.491 e. The summed E-state index contributed by atoms with van der Waals surface area (Å²) in [6, 6.07) is 15.9. The Bertz CT molecular complexity index is 1150. The number of amides is 1. The molecule has 5 heteroatoms. The summed E-state index contributed by atoms with van der Waals surface area (Å²) in [5.74, 6) is 1.08. The van der Waals surface area contributed by atoms with Crippen LogP contribution in [-0.4, -0.2) is 78.6 Å². The maximum atomic E-state index is 13.7. The van der Waals surface area contributed by atoms with E-state index in [1.54, 1.807) is 0 Å². The predicted octanol–water partition coefficient (Wildman–Crippen LogP) is 6.53. The fourth-order valence-corrected chi connectivity index (χ4v) is 7.46. The van der Waals surface area contributed by atoms with Crippen molar-refractivity contribution in [1.29, 1.82) is 0 Å². The van der Waals surface area contributed by atoms with Gasteiger partial charge in [-0.2, -0.15) is 0 Å². The monoisotopic (exact) mass is 559 g/mol. The van der Waals surface area contributed by atoms with Crippen molar-refractivity contribution in [3.63, 3.8) is 0 Å². The number of hydrogen-bond donors (Lipinski definition) is 0. The van der Waals surface area contributed by atoms with Crippen LogP contribution >= 0.6 is 0 Å². The summed E-state index contributed by atoms with van der Waals surface area (Å²) in [5, 5.41) is 0. The van der Waals surface area contributed by atoms with Crippen molar-refractivity contribution >= 4 is 5.91 Å². The fraction of sp³-hybridized carbons (Fsp3) is 0.639. The third-order valence-corrected chi connectivity index (χ3v) is 10.1. The topological polar surface area (TPSA) is 36.0 Å². The first-order valence-electron chi connectivity index (χ1n) is 16.4. The van der Waals surface area contributed by atoms with E-state index in [9.17, 15) is 4.79 Å². The zero-order chi connectivity index (χ0) is 28.8. The Balaban J connectivity index is 1.27. The van der Waals surface area contributed by atoms with E-state index >= 15 is 0 Å². The van der Waals surface area contributed by atoms with Crippen molar-refractivity contribution < 1.29 is 9.53 Å². The summed E-state index contributed by atoms with van der Waals surface area (Å²) >= 11 is 0. The molecular weight excluding hydrogens is 506 g/mol. The van der Waals surface area contributed by atoms with Gasteiger partial charge in [0.1, 0.15) is 5.75 Å². The zero-order valence-electron chi connectivity index (χ0n) is 26.2. The number of ether oxygens (including phenoxy) is 1. The van der Waals surface area contributed by atoms with Gasteiger partial charge in [-0.1, -0.05) is 49.6 Å². The molecule has 2 aromatic carbocycles. The van der Waals surface area contributed by atoms with Gasteiger partial charge in [0.05, 0.1) is 12.5 Å². The van der Waals surface area contributed by atoms with Crippen LogP contribution in [0.2, 0.25) is 0 Å². The summed E-state index contributed by atoms with van der Waals surface area (Å²) in [6.07, 6.45) is 10.9. The molecule has 1 aliphatic carbocycles. The van der Waals surface area contributed by atoms with Gasteiger partial charge < -0.3 is 14.5 Å². The zero-order valence-corrected chi connectivity index (χ0v) is 26.2. The average molecular weight is 560 g/mol. The molecule has 224 valence electrons. The summed E-state index contributed by atoms with van der Waals surface area (Å²) in [6.45, 7) is 16.1. The lowest BCUT2D eigenvalue weighted by Crippen LogP contribution is -2.53. The number of likely N-dealkylation sites (tertiary alicyclic amines) is 1. The Hall–Kier alpha value is -2.37. The van der Waals surface area contributed by atoms with Gasteiger partial charge in [0, 0.05) is 50.7 Å². The number of piperazine rings is 1. The van der Waals surface area contributed by atoms with Gasteiger partial charge in [-0.15, -0.1) is 0 Å². The van der Waals surface area contributed by atoms with E-state index in [4.69, 9.17) is 4.74 Å². The van der Waals surface area contributed by atoms with Crippen LogP contribution in [0.4, 0.5) is 0 Å². The molecule has 41 heavy (non-hydrogen) atoms. The molecule has 2 saturated heterocycles. The summed E-state index contributed by atoms with van der Waals surface area (Å²) in [7, 11) is 0. The smallest absolute Gasteiger partial charge is 0.227 e. The minimum Gasteiger partial charge on any atom is -0.491 e. The molecule has 2 aromatic rings. The van der Waals surface area contributed by atoms with E-state index < -0.39 is 0 Å². The van der Waals surface area contributed by atoms with Gasteiger partial charge in [0.2, 0.25) is 5.91 Å². The van der Waals surface area contributed by atoms with Crippen molar-refractivity contribution in [3.8, 4) is 5.75 Å². The molecule has 0 unspecified atom stereocenters. The van der Waals surface area contributed by atoms with Crippen LogP contribution in [-0.2, 0) is 16.6 Å². The normalized spacial score (nSPS) is 23.2. The first kappa shape index (κ1) is 30.1. The number of hydrogen-bond acceptors (Lipinski definition) is 4. The second kappa shape index (κ2) is 13.7. The highest BCUT2D eigenvalue weighted by molar-refractivity contribution is 5.79. The van der Waals surface area contributed by atoms with Crippen LogP contribution < -0.4 is 4.74 Å². The maximum Gasteiger partial charge on any atom is 0.227 e. The van der Waals surface area contributed by atoms with Crippen LogP contribution in [0.25, 0.3) is 0 Å². The van der Waals surface area contributed by atoms with Gasteiger partial charge in [-0.3, -0.25) is 9.69 Å². The first-order valence-corrected chi connectivity index (χ1v) is 16.4. The van der Waals surface area contributed by atoms with Crippen molar-refractivity contribution in [2.75, 3.05) is 45.8 Å². The maximum absolute atomic E-state index is 13.7. The van der Waals surface area contributed by atoms with Crippen molar-refractivity contribution in [2.45, 2.75) is 103 Å². The minimum atomic E-state index is 0.00940. The molecule has 1 saturated carbocycles. The summed E-state index contributed by atoms with van der Waals surface area (Å²) in [4.78, 5) is 21.3. The van der Waals surface area contributed by atoms with E-state index in [0.29, 0.717) is 6.42 Å². The quantitative estimate of drug-likeness (QED) is 0.350. The molecule has 2 aliphatic heterocycles.